The van der Waals surface area contributed by atoms with Gasteiger partial charge in [0, 0.05) is 26.4 Å². The molecular weight excluding hydrogens is 308 g/mol. The van der Waals surface area contributed by atoms with Crippen molar-refractivity contribution in [3.63, 3.8) is 0 Å². The third-order valence-electron chi connectivity index (χ3n) is 1.48. The molecule has 0 radical (unpaired) electrons. The van der Waals surface area contributed by atoms with Crippen LogP contribution in [0.2, 0.25) is 0 Å². The van der Waals surface area contributed by atoms with Gasteiger partial charge in [-0.15, -0.1) is 0 Å². The molecule has 0 unspecified atom stereocenters. The molecule has 0 aromatic heterocycles. The minimum absolute atomic E-state index is 0.0671. The molecule has 0 saturated carbocycles. The highest BCUT2D eigenvalue weighted by Gasteiger charge is 2.05. The Balaban J connectivity index is -0.000000263. The van der Waals surface area contributed by atoms with Crippen LogP contribution in [-0.4, -0.2) is 52.6 Å². The van der Waals surface area contributed by atoms with E-state index in [0.717, 1.165) is 12.2 Å². The predicted molar refractivity (Wildman–Crippen MR) is 83.7 cm³/mol. The number of ether oxygens (including phenoxy) is 1. The Labute approximate surface area is 133 Å². The third kappa shape index (κ3) is 21.3. The average molecular weight is 328 g/mol. The van der Waals surface area contributed by atoms with E-state index >= 15 is 0 Å². The van der Waals surface area contributed by atoms with Gasteiger partial charge in [0.25, 0.3) is 0 Å². The lowest BCUT2D eigenvalue weighted by atomic mass is 10.2. The first-order chi connectivity index (χ1) is 10.7. The summed E-state index contributed by atoms with van der Waals surface area (Å²) >= 11 is 0. The maximum absolute atomic E-state index is 10.3. The van der Waals surface area contributed by atoms with Crippen molar-refractivity contribution in [3.8, 4) is 5.75 Å². The fourth-order valence-corrected chi connectivity index (χ4v) is 0.654. The summed E-state index contributed by atoms with van der Waals surface area (Å²) in [4.78, 5) is 28.8. The van der Waals surface area contributed by atoms with Gasteiger partial charge in [-0.25, -0.2) is 14.4 Å². The highest BCUT2D eigenvalue weighted by molar-refractivity contribution is 5.90. The Morgan fingerprint density at radius 1 is 0.957 bits per heavy atom. The van der Waals surface area contributed by atoms with E-state index in [9.17, 15) is 14.4 Å². The van der Waals surface area contributed by atoms with E-state index < -0.39 is 17.9 Å². The van der Waals surface area contributed by atoms with Crippen LogP contribution in [0.15, 0.2) is 49.6 Å². The van der Waals surface area contributed by atoms with Crippen LogP contribution in [0.1, 0.15) is 10.4 Å². The number of aromatic hydroxyl groups is 1. The summed E-state index contributed by atoms with van der Waals surface area (Å²) in [5.41, 5.74) is -0.0671. The first-order valence-electron chi connectivity index (χ1n) is 5.79. The molecule has 0 spiro atoms. The summed E-state index contributed by atoms with van der Waals surface area (Å²) in [6, 6.07) is 5.81. The second kappa shape index (κ2) is 16.9. The van der Waals surface area contributed by atoms with Crippen molar-refractivity contribution < 1.29 is 39.5 Å². The van der Waals surface area contributed by atoms with Gasteiger partial charge in [0.1, 0.15) is 11.3 Å². The molecule has 0 heterocycles. The molecule has 1 rings (SSSR count). The van der Waals surface area contributed by atoms with Crippen LogP contribution in [0.4, 0.5) is 0 Å². The van der Waals surface area contributed by atoms with Gasteiger partial charge in [-0.2, -0.15) is 0 Å². The molecule has 8 heteroatoms. The molecule has 0 fully saturated rings. The van der Waals surface area contributed by atoms with Crippen molar-refractivity contribution >= 4 is 17.9 Å². The number of hydrogen-bond donors (Lipinski definition) is 4. The molecule has 128 valence electrons. The second-order valence-corrected chi connectivity index (χ2v) is 3.32. The fourth-order valence-electron chi connectivity index (χ4n) is 0.654. The summed E-state index contributed by atoms with van der Waals surface area (Å²) in [6.07, 6.45) is 1.67. The molecule has 1 aromatic rings. The number of phenols is 1. The van der Waals surface area contributed by atoms with E-state index in [1.807, 2.05) is 0 Å². The van der Waals surface area contributed by atoms with Crippen molar-refractivity contribution in [2.45, 2.75) is 0 Å². The van der Waals surface area contributed by atoms with Gasteiger partial charge < -0.3 is 25.2 Å². The fraction of sp³-hybridized carbons (Fsp3) is 0.133. The molecule has 23 heavy (non-hydrogen) atoms. The predicted octanol–water partition coefficient (Wildman–Crippen LogP) is 1.87. The van der Waals surface area contributed by atoms with Gasteiger partial charge >= 0.3 is 17.9 Å². The van der Waals surface area contributed by atoms with Crippen LogP contribution in [0, 0.1) is 0 Å². The zero-order chi connectivity index (χ0) is 18.8. The van der Waals surface area contributed by atoms with Gasteiger partial charge in [-0.1, -0.05) is 25.3 Å². The van der Waals surface area contributed by atoms with Crippen LogP contribution in [0.25, 0.3) is 0 Å². The maximum Gasteiger partial charge on any atom is 0.339 e. The lowest BCUT2D eigenvalue weighted by molar-refractivity contribution is -0.132. The number of hydrogen-bond acceptors (Lipinski definition) is 5. The molecule has 0 saturated heterocycles. The van der Waals surface area contributed by atoms with E-state index in [1.165, 1.54) is 12.1 Å². The van der Waals surface area contributed by atoms with Crippen molar-refractivity contribution in [3.05, 3.63) is 55.1 Å². The van der Waals surface area contributed by atoms with Crippen LogP contribution >= 0.6 is 0 Å². The summed E-state index contributed by atoms with van der Waals surface area (Å²) in [7, 11) is 3.25. The highest BCUT2D eigenvalue weighted by atomic mass is 16.4. The lowest BCUT2D eigenvalue weighted by Gasteiger charge is -1.95. The second-order valence-electron chi connectivity index (χ2n) is 3.32. The SMILES string of the molecule is C=CC(=O)O.C=CC(=O)O.COC.O=C(O)c1ccccc1O. The minimum atomic E-state index is -1.11. The Bertz CT molecular complexity index is 490. The number of aliphatic carboxylic acids is 2. The van der Waals surface area contributed by atoms with Gasteiger partial charge in [-0.05, 0) is 12.1 Å². The molecule has 0 aliphatic heterocycles. The topological polar surface area (TPSA) is 141 Å². The summed E-state index contributed by atoms with van der Waals surface area (Å²) < 4.78 is 4.25. The zero-order valence-electron chi connectivity index (χ0n) is 12.8. The maximum atomic E-state index is 10.3. The molecule has 4 N–H and O–H groups in total. The number of para-hydroxylation sites is 1. The largest absolute Gasteiger partial charge is 0.507 e. The Kier molecular flexibility index (Phi) is 18.3. The molecule has 0 atom stereocenters. The Morgan fingerprint density at radius 3 is 1.43 bits per heavy atom. The Morgan fingerprint density at radius 2 is 1.26 bits per heavy atom. The molecule has 0 bridgehead atoms. The zero-order valence-corrected chi connectivity index (χ0v) is 12.8. The summed E-state index contributed by atoms with van der Waals surface area (Å²) in [5, 5.41) is 32.5. The number of carbonyl (C=O) groups is 3. The number of aromatic carboxylic acids is 1. The van der Waals surface area contributed by atoms with Gasteiger partial charge in [0.05, 0.1) is 0 Å². The Hall–Kier alpha value is -3.13. The van der Waals surface area contributed by atoms with Crippen molar-refractivity contribution in [1.82, 2.24) is 0 Å². The van der Waals surface area contributed by atoms with Crippen LogP contribution in [-0.2, 0) is 14.3 Å². The summed E-state index contributed by atoms with van der Waals surface area (Å²) in [6.45, 7) is 5.92. The normalized spacial score (nSPS) is 7.57. The number of rotatable bonds is 3. The number of carboxylic acids is 3. The van der Waals surface area contributed by atoms with Gasteiger partial charge in [0.2, 0.25) is 0 Å². The van der Waals surface area contributed by atoms with Gasteiger partial charge in [-0.3, -0.25) is 0 Å². The van der Waals surface area contributed by atoms with Gasteiger partial charge in [0.15, 0.2) is 0 Å². The average Bonchev–Trinajstić information content (AvgIpc) is 2.49. The lowest BCUT2D eigenvalue weighted by Crippen LogP contribution is -1.95. The number of benzene rings is 1. The van der Waals surface area contributed by atoms with E-state index in [0.29, 0.717) is 0 Å². The molecule has 0 aliphatic carbocycles. The molecular formula is C15H20O8. The minimum Gasteiger partial charge on any atom is -0.507 e. The van der Waals surface area contributed by atoms with Crippen molar-refractivity contribution in [1.29, 1.82) is 0 Å². The van der Waals surface area contributed by atoms with Crippen molar-refractivity contribution in [2.24, 2.45) is 0 Å². The molecule has 8 nitrogen and oxygen atoms in total. The van der Waals surface area contributed by atoms with E-state index in [1.54, 1.807) is 26.4 Å². The molecule has 0 aliphatic rings. The first kappa shape index (κ1) is 24.9. The highest BCUT2D eigenvalue weighted by Crippen LogP contribution is 2.14. The van der Waals surface area contributed by atoms with Crippen molar-refractivity contribution in [2.75, 3.05) is 14.2 Å². The quantitative estimate of drug-likeness (QED) is 0.616. The first-order valence-corrected chi connectivity index (χ1v) is 5.79. The van der Waals surface area contributed by atoms with Crippen LogP contribution < -0.4 is 0 Å². The number of methoxy groups -OCH3 is 1. The molecule has 1 aromatic carbocycles. The standard InChI is InChI=1S/C7H6O3.2C3H4O2.C2H6O/c8-6-4-2-1-3-5(6)7(9)10;2*1-2-3(4)5;1-3-2/h1-4,8H,(H,9,10);2*2H,1H2,(H,4,5);1-2H3. The van der Waals surface area contributed by atoms with E-state index in [2.05, 4.69) is 17.9 Å². The third-order valence-corrected chi connectivity index (χ3v) is 1.48. The smallest absolute Gasteiger partial charge is 0.339 e. The van der Waals surface area contributed by atoms with E-state index in [4.69, 9.17) is 20.4 Å². The monoisotopic (exact) mass is 328 g/mol. The van der Waals surface area contributed by atoms with Crippen LogP contribution in [0.5, 0.6) is 5.75 Å². The summed E-state index contributed by atoms with van der Waals surface area (Å²) in [5.74, 6) is -3.27. The number of carboxylic acid groups (broad SMARTS) is 3. The van der Waals surface area contributed by atoms with E-state index in [-0.39, 0.29) is 11.3 Å². The van der Waals surface area contributed by atoms with Crippen LogP contribution in [0.3, 0.4) is 0 Å². The molecule has 0 amide bonds.